The average molecular weight is 391 g/mol. The Morgan fingerprint density at radius 3 is 2.40 bits per heavy atom. The molecule has 0 aliphatic heterocycles. The molecule has 126 valence electrons. The fourth-order valence-electron chi connectivity index (χ4n) is 2.15. The van der Waals surface area contributed by atoms with Gasteiger partial charge in [0, 0.05) is 15.3 Å². The summed E-state index contributed by atoms with van der Waals surface area (Å²) in [7, 11) is 0. The summed E-state index contributed by atoms with van der Waals surface area (Å²) in [5, 5.41) is 7.63. The molecule has 7 heteroatoms. The van der Waals surface area contributed by atoms with Gasteiger partial charge in [0.05, 0.1) is 16.3 Å². The Morgan fingerprint density at radius 2 is 1.68 bits per heavy atom. The fraction of sp³-hybridized carbons (Fsp3) is 0. The van der Waals surface area contributed by atoms with Crippen LogP contribution in [0.3, 0.4) is 0 Å². The van der Waals surface area contributed by atoms with E-state index in [1.165, 1.54) is 11.3 Å². The van der Waals surface area contributed by atoms with Crippen molar-refractivity contribution < 1.29 is 9.59 Å². The third-order valence-electron chi connectivity index (χ3n) is 3.33. The van der Waals surface area contributed by atoms with Gasteiger partial charge in [0.15, 0.2) is 0 Å². The van der Waals surface area contributed by atoms with E-state index in [1.54, 1.807) is 41.8 Å². The van der Waals surface area contributed by atoms with E-state index >= 15 is 0 Å². The van der Waals surface area contributed by atoms with Crippen molar-refractivity contribution in [1.29, 1.82) is 0 Å². The molecule has 2 N–H and O–H groups in total. The molecule has 3 amide bonds. The molecule has 25 heavy (non-hydrogen) atoms. The molecule has 0 bridgehead atoms. The maximum atomic E-state index is 12.1. The number of imide groups is 1. The second kappa shape index (κ2) is 7.70. The molecule has 0 radical (unpaired) electrons. The Hall–Kier alpha value is -2.34. The Morgan fingerprint density at radius 1 is 0.960 bits per heavy atom. The molecule has 0 fully saturated rings. The number of carbonyl (C=O) groups excluding carboxylic acids is 2. The average Bonchev–Trinajstić information content (AvgIpc) is 3.04. The molecule has 0 spiro atoms. The molecular formula is C18H12Cl2N2O2S. The van der Waals surface area contributed by atoms with Gasteiger partial charge in [-0.1, -0.05) is 47.5 Å². The standard InChI is InChI=1S/C18H12Cl2N2O2S/c19-12-7-5-11(6-8-12)16-9-13(10-25-16)21-18(24)22-17(23)14-3-1-2-4-15(14)20/h1-10H,(H2,21,22,23,24). The van der Waals surface area contributed by atoms with Crippen LogP contribution in [-0.2, 0) is 0 Å². The van der Waals surface area contributed by atoms with Gasteiger partial charge in [0.1, 0.15) is 0 Å². The third-order valence-corrected chi connectivity index (χ3v) is 4.89. The first-order valence-corrected chi connectivity index (χ1v) is 8.88. The van der Waals surface area contributed by atoms with Gasteiger partial charge in [-0.3, -0.25) is 10.1 Å². The number of urea groups is 1. The lowest BCUT2D eigenvalue weighted by molar-refractivity contribution is 0.0967. The quantitative estimate of drug-likeness (QED) is 0.603. The molecule has 1 heterocycles. The van der Waals surface area contributed by atoms with Gasteiger partial charge in [-0.25, -0.2) is 4.79 Å². The minimum absolute atomic E-state index is 0.242. The molecule has 0 saturated heterocycles. The first-order valence-electron chi connectivity index (χ1n) is 7.24. The van der Waals surface area contributed by atoms with E-state index in [0.29, 0.717) is 10.7 Å². The van der Waals surface area contributed by atoms with Gasteiger partial charge in [0.2, 0.25) is 0 Å². The summed E-state index contributed by atoms with van der Waals surface area (Å²) in [5.74, 6) is -0.559. The molecule has 0 aliphatic carbocycles. The molecule has 0 unspecified atom stereocenters. The molecule has 4 nitrogen and oxygen atoms in total. The zero-order valence-electron chi connectivity index (χ0n) is 12.8. The minimum Gasteiger partial charge on any atom is -0.307 e. The number of nitrogens with one attached hydrogen (secondary N) is 2. The first kappa shape index (κ1) is 17.5. The van der Waals surface area contributed by atoms with Crippen molar-refractivity contribution in [3.63, 3.8) is 0 Å². The van der Waals surface area contributed by atoms with Crippen LogP contribution in [0.15, 0.2) is 60.0 Å². The fourth-order valence-corrected chi connectivity index (χ4v) is 3.34. The van der Waals surface area contributed by atoms with Crippen molar-refractivity contribution in [3.05, 3.63) is 75.6 Å². The van der Waals surface area contributed by atoms with Crippen molar-refractivity contribution in [2.75, 3.05) is 5.32 Å². The summed E-state index contributed by atoms with van der Waals surface area (Å²) in [5.41, 5.74) is 1.83. The third kappa shape index (κ3) is 4.39. The first-order chi connectivity index (χ1) is 12.0. The van der Waals surface area contributed by atoms with Crippen molar-refractivity contribution in [2.45, 2.75) is 0 Å². The molecule has 0 atom stereocenters. The highest BCUT2D eigenvalue weighted by Crippen LogP contribution is 2.30. The van der Waals surface area contributed by atoms with Crippen LogP contribution in [0.1, 0.15) is 10.4 Å². The number of hydrogen-bond donors (Lipinski definition) is 2. The van der Waals surface area contributed by atoms with E-state index in [0.717, 1.165) is 10.4 Å². The molecular weight excluding hydrogens is 379 g/mol. The lowest BCUT2D eigenvalue weighted by atomic mass is 10.2. The molecule has 0 aliphatic rings. The molecule has 0 saturated carbocycles. The van der Waals surface area contributed by atoms with Crippen molar-refractivity contribution in [2.24, 2.45) is 0 Å². The van der Waals surface area contributed by atoms with E-state index in [9.17, 15) is 9.59 Å². The number of halogens is 2. The van der Waals surface area contributed by atoms with E-state index in [1.807, 2.05) is 18.2 Å². The highest BCUT2D eigenvalue weighted by atomic mass is 35.5. The zero-order valence-corrected chi connectivity index (χ0v) is 15.1. The number of thiophene rings is 1. The summed E-state index contributed by atoms with van der Waals surface area (Å²) in [4.78, 5) is 25.0. The number of amides is 3. The van der Waals surface area contributed by atoms with E-state index in [-0.39, 0.29) is 10.6 Å². The Bertz CT molecular complexity index is 923. The Labute approximate surface area is 158 Å². The topological polar surface area (TPSA) is 58.2 Å². The highest BCUT2D eigenvalue weighted by Gasteiger charge is 2.13. The maximum absolute atomic E-state index is 12.1. The summed E-state index contributed by atoms with van der Waals surface area (Å²) in [6, 6.07) is 15.1. The van der Waals surface area contributed by atoms with E-state index < -0.39 is 11.9 Å². The summed E-state index contributed by atoms with van der Waals surface area (Å²) in [6.07, 6.45) is 0. The maximum Gasteiger partial charge on any atom is 0.326 e. The van der Waals surface area contributed by atoms with Crippen LogP contribution in [0.2, 0.25) is 10.0 Å². The largest absolute Gasteiger partial charge is 0.326 e. The second-order valence-electron chi connectivity index (χ2n) is 5.09. The van der Waals surface area contributed by atoms with Crippen LogP contribution in [0.5, 0.6) is 0 Å². The number of benzene rings is 2. The van der Waals surface area contributed by atoms with Crippen molar-refractivity contribution in [1.82, 2.24) is 5.32 Å². The van der Waals surface area contributed by atoms with Gasteiger partial charge in [-0.05, 0) is 35.9 Å². The summed E-state index contributed by atoms with van der Waals surface area (Å²) < 4.78 is 0. The predicted molar refractivity (Wildman–Crippen MR) is 103 cm³/mol. The van der Waals surface area contributed by atoms with Crippen LogP contribution >= 0.6 is 34.5 Å². The number of rotatable bonds is 3. The van der Waals surface area contributed by atoms with Gasteiger partial charge in [-0.2, -0.15) is 0 Å². The van der Waals surface area contributed by atoms with Crippen molar-refractivity contribution in [3.8, 4) is 10.4 Å². The smallest absolute Gasteiger partial charge is 0.307 e. The predicted octanol–water partition coefficient (Wildman–Crippen LogP) is 5.68. The minimum atomic E-state index is -0.620. The number of hydrogen-bond acceptors (Lipinski definition) is 3. The zero-order chi connectivity index (χ0) is 17.8. The Kier molecular flexibility index (Phi) is 5.38. The normalized spacial score (nSPS) is 10.3. The molecule has 2 aromatic carbocycles. The molecule has 3 rings (SSSR count). The summed E-state index contributed by atoms with van der Waals surface area (Å²) >= 11 is 13.3. The molecule has 1 aromatic heterocycles. The van der Waals surface area contributed by atoms with Gasteiger partial charge >= 0.3 is 6.03 Å². The van der Waals surface area contributed by atoms with Crippen LogP contribution < -0.4 is 10.6 Å². The highest BCUT2D eigenvalue weighted by molar-refractivity contribution is 7.14. The Balaban J connectivity index is 1.65. The van der Waals surface area contributed by atoms with E-state index in [2.05, 4.69) is 10.6 Å². The number of carbonyl (C=O) groups is 2. The van der Waals surface area contributed by atoms with Gasteiger partial charge < -0.3 is 5.32 Å². The molecule has 3 aromatic rings. The second-order valence-corrected chi connectivity index (χ2v) is 6.85. The SMILES string of the molecule is O=C(NC(=O)c1ccccc1Cl)Nc1csc(-c2ccc(Cl)cc2)c1. The van der Waals surface area contributed by atoms with E-state index in [4.69, 9.17) is 23.2 Å². The van der Waals surface area contributed by atoms with Gasteiger partial charge in [0.25, 0.3) is 5.91 Å². The lowest BCUT2D eigenvalue weighted by Gasteiger charge is -2.06. The van der Waals surface area contributed by atoms with Crippen LogP contribution in [-0.4, -0.2) is 11.9 Å². The van der Waals surface area contributed by atoms with Crippen LogP contribution in [0, 0.1) is 0 Å². The monoisotopic (exact) mass is 390 g/mol. The van der Waals surface area contributed by atoms with Gasteiger partial charge in [-0.15, -0.1) is 11.3 Å². The summed E-state index contributed by atoms with van der Waals surface area (Å²) in [6.45, 7) is 0. The lowest BCUT2D eigenvalue weighted by Crippen LogP contribution is -2.34. The number of anilines is 1. The van der Waals surface area contributed by atoms with Crippen molar-refractivity contribution >= 4 is 52.2 Å². The van der Waals surface area contributed by atoms with Crippen LogP contribution in [0.4, 0.5) is 10.5 Å². The van der Waals surface area contributed by atoms with Crippen LogP contribution in [0.25, 0.3) is 10.4 Å².